The smallest absolute Gasteiger partial charge is 0.325 e. The quantitative estimate of drug-likeness (QED) is 0.780. The van der Waals surface area contributed by atoms with E-state index in [0.717, 1.165) is 49.8 Å². The van der Waals surface area contributed by atoms with Crippen LogP contribution < -0.4 is 10.6 Å². The lowest BCUT2D eigenvalue weighted by molar-refractivity contribution is -0.137. The van der Waals surface area contributed by atoms with E-state index >= 15 is 0 Å². The zero-order valence-corrected chi connectivity index (χ0v) is 13.9. The molecule has 2 saturated carbocycles. The first-order chi connectivity index (χ1) is 11.0. The number of hydrogen-bond acceptors (Lipinski definition) is 3. The molecule has 1 saturated heterocycles. The largest absolute Gasteiger partial charge is 0.352 e. The van der Waals surface area contributed by atoms with E-state index < -0.39 is 11.6 Å². The number of rotatable bonds is 3. The highest BCUT2D eigenvalue weighted by Gasteiger charge is 2.55. The summed E-state index contributed by atoms with van der Waals surface area (Å²) in [4.78, 5) is 38.4. The van der Waals surface area contributed by atoms with Crippen molar-refractivity contribution in [3.63, 3.8) is 0 Å². The van der Waals surface area contributed by atoms with Crippen LogP contribution in [0.3, 0.4) is 0 Å². The average molecular weight is 321 g/mol. The van der Waals surface area contributed by atoms with Gasteiger partial charge in [-0.2, -0.15) is 0 Å². The molecular weight excluding hydrogens is 294 g/mol. The van der Waals surface area contributed by atoms with Crippen molar-refractivity contribution in [1.82, 2.24) is 15.5 Å². The minimum atomic E-state index is -0.777. The summed E-state index contributed by atoms with van der Waals surface area (Å²) in [5.41, 5.74) is -0.777. The number of hydrogen-bond donors (Lipinski definition) is 2. The van der Waals surface area contributed by atoms with Gasteiger partial charge in [-0.3, -0.25) is 14.5 Å². The topological polar surface area (TPSA) is 78.5 Å². The van der Waals surface area contributed by atoms with E-state index in [1.54, 1.807) is 0 Å². The Morgan fingerprint density at radius 1 is 1.17 bits per heavy atom. The number of urea groups is 1. The summed E-state index contributed by atoms with van der Waals surface area (Å²) in [6, 6.07) is -0.220. The van der Waals surface area contributed by atoms with Gasteiger partial charge in [-0.1, -0.05) is 39.0 Å². The molecule has 0 unspecified atom stereocenters. The number of amides is 4. The predicted molar refractivity (Wildman–Crippen MR) is 85.6 cm³/mol. The van der Waals surface area contributed by atoms with Crippen LogP contribution in [0.1, 0.15) is 64.7 Å². The Labute approximate surface area is 137 Å². The van der Waals surface area contributed by atoms with Gasteiger partial charge in [0.25, 0.3) is 5.91 Å². The van der Waals surface area contributed by atoms with Crippen LogP contribution >= 0.6 is 0 Å². The minimum absolute atomic E-state index is 0.124. The van der Waals surface area contributed by atoms with Crippen molar-refractivity contribution in [2.75, 3.05) is 6.54 Å². The number of nitrogens with zero attached hydrogens (tertiary/aromatic N) is 1. The molecule has 2 aliphatic carbocycles. The van der Waals surface area contributed by atoms with Crippen LogP contribution in [0, 0.1) is 5.92 Å². The summed E-state index contributed by atoms with van der Waals surface area (Å²) < 4.78 is 0. The molecule has 0 aromatic carbocycles. The number of nitrogens with one attached hydrogen (secondary N) is 2. The van der Waals surface area contributed by atoms with Crippen molar-refractivity contribution >= 4 is 17.8 Å². The Bertz CT molecular complexity index is 501. The third-order valence-electron chi connectivity index (χ3n) is 5.77. The van der Waals surface area contributed by atoms with E-state index in [1.165, 1.54) is 6.42 Å². The van der Waals surface area contributed by atoms with E-state index in [4.69, 9.17) is 0 Å². The highest BCUT2D eigenvalue weighted by atomic mass is 16.2. The van der Waals surface area contributed by atoms with Crippen LogP contribution in [0.25, 0.3) is 0 Å². The van der Waals surface area contributed by atoms with Gasteiger partial charge in [0, 0.05) is 6.04 Å². The molecule has 0 radical (unpaired) electrons. The van der Waals surface area contributed by atoms with Crippen LogP contribution in [0.2, 0.25) is 0 Å². The minimum Gasteiger partial charge on any atom is -0.352 e. The van der Waals surface area contributed by atoms with Crippen LogP contribution in [0.15, 0.2) is 0 Å². The van der Waals surface area contributed by atoms with Crippen molar-refractivity contribution in [3.8, 4) is 0 Å². The lowest BCUT2D eigenvalue weighted by atomic mass is 9.73. The summed E-state index contributed by atoms with van der Waals surface area (Å²) in [7, 11) is 0. The lowest BCUT2D eigenvalue weighted by Gasteiger charge is -2.36. The fourth-order valence-corrected chi connectivity index (χ4v) is 4.30. The molecule has 1 spiro atoms. The summed E-state index contributed by atoms with van der Waals surface area (Å²) in [5, 5.41) is 5.86. The van der Waals surface area contributed by atoms with E-state index in [1.807, 2.05) is 6.92 Å². The van der Waals surface area contributed by atoms with Gasteiger partial charge < -0.3 is 10.6 Å². The molecular formula is C17H27N3O3. The molecule has 0 aromatic rings. The second-order valence-corrected chi connectivity index (χ2v) is 7.34. The molecule has 128 valence electrons. The summed E-state index contributed by atoms with van der Waals surface area (Å²) in [5.74, 6) is -0.312. The fraction of sp³-hybridized carbons (Fsp3) is 0.824. The van der Waals surface area contributed by atoms with Gasteiger partial charge in [-0.05, 0) is 31.6 Å². The molecule has 0 bridgehead atoms. The van der Waals surface area contributed by atoms with E-state index in [0.29, 0.717) is 6.42 Å². The Kier molecular flexibility index (Phi) is 4.60. The molecule has 6 nitrogen and oxygen atoms in total. The molecule has 1 heterocycles. The summed E-state index contributed by atoms with van der Waals surface area (Å²) in [6.45, 7) is 1.86. The Morgan fingerprint density at radius 3 is 2.57 bits per heavy atom. The number of imide groups is 1. The van der Waals surface area contributed by atoms with E-state index in [9.17, 15) is 14.4 Å². The maximum absolute atomic E-state index is 12.8. The average Bonchev–Trinajstić information content (AvgIpc) is 2.76. The molecule has 4 amide bonds. The van der Waals surface area contributed by atoms with Crippen LogP contribution in [-0.4, -0.2) is 40.9 Å². The Hall–Kier alpha value is -1.59. The monoisotopic (exact) mass is 321 g/mol. The second-order valence-electron chi connectivity index (χ2n) is 7.34. The fourth-order valence-electron chi connectivity index (χ4n) is 4.30. The van der Waals surface area contributed by atoms with Gasteiger partial charge in [0.05, 0.1) is 0 Å². The molecule has 2 N–H and O–H groups in total. The summed E-state index contributed by atoms with van der Waals surface area (Å²) in [6.07, 6.45) is 9.13. The highest BCUT2D eigenvalue weighted by Crippen LogP contribution is 2.38. The Balaban J connectivity index is 1.62. The van der Waals surface area contributed by atoms with E-state index in [-0.39, 0.29) is 30.3 Å². The Morgan fingerprint density at radius 2 is 1.87 bits per heavy atom. The maximum atomic E-state index is 12.8. The van der Waals surface area contributed by atoms with Crippen LogP contribution in [0.5, 0.6) is 0 Å². The second kappa shape index (κ2) is 6.49. The molecule has 1 aliphatic heterocycles. The normalized spacial score (nSPS) is 32.2. The first-order valence-corrected chi connectivity index (χ1v) is 8.96. The van der Waals surface area contributed by atoms with Crippen LogP contribution in [-0.2, 0) is 9.59 Å². The van der Waals surface area contributed by atoms with Crippen molar-refractivity contribution in [2.24, 2.45) is 5.92 Å². The summed E-state index contributed by atoms with van der Waals surface area (Å²) >= 11 is 0. The SMILES string of the molecule is C[C@@H]1CCCC[C@@]12NC(=O)N(CC(=O)NC1CCCCC1)C2=O. The molecule has 23 heavy (non-hydrogen) atoms. The van der Waals surface area contributed by atoms with Crippen molar-refractivity contribution in [3.05, 3.63) is 0 Å². The first kappa shape index (κ1) is 16.3. The molecule has 2 atom stereocenters. The predicted octanol–water partition coefficient (Wildman–Crippen LogP) is 1.94. The molecule has 0 aromatic heterocycles. The first-order valence-electron chi connectivity index (χ1n) is 8.96. The lowest BCUT2D eigenvalue weighted by Crippen LogP contribution is -2.54. The number of carbonyl (C=O) groups is 3. The van der Waals surface area contributed by atoms with Gasteiger partial charge in [-0.15, -0.1) is 0 Å². The molecule has 3 rings (SSSR count). The zero-order valence-electron chi connectivity index (χ0n) is 13.9. The van der Waals surface area contributed by atoms with Gasteiger partial charge in [0.2, 0.25) is 5.91 Å². The maximum Gasteiger partial charge on any atom is 0.325 e. The van der Waals surface area contributed by atoms with E-state index in [2.05, 4.69) is 10.6 Å². The standard InChI is InChI=1S/C17H27N3O3/c1-12-7-5-6-10-17(12)15(22)20(16(23)19-17)11-14(21)18-13-8-3-2-4-9-13/h12-13H,2-11H2,1H3,(H,18,21)(H,19,23)/t12-,17-/m1/s1. The highest BCUT2D eigenvalue weighted by molar-refractivity contribution is 6.09. The van der Waals surface area contributed by atoms with Crippen molar-refractivity contribution < 1.29 is 14.4 Å². The van der Waals surface area contributed by atoms with Gasteiger partial charge in [0.15, 0.2) is 0 Å². The molecule has 3 aliphatic rings. The zero-order chi connectivity index (χ0) is 16.4. The van der Waals surface area contributed by atoms with Gasteiger partial charge >= 0.3 is 6.03 Å². The molecule has 6 heteroatoms. The number of carbonyl (C=O) groups excluding carboxylic acids is 3. The third-order valence-corrected chi connectivity index (χ3v) is 5.77. The van der Waals surface area contributed by atoms with Crippen molar-refractivity contribution in [2.45, 2.75) is 76.3 Å². The van der Waals surface area contributed by atoms with Gasteiger partial charge in [0.1, 0.15) is 12.1 Å². The third kappa shape index (κ3) is 3.08. The van der Waals surface area contributed by atoms with Gasteiger partial charge in [-0.25, -0.2) is 4.79 Å². The van der Waals surface area contributed by atoms with Crippen LogP contribution in [0.4, 0.5) is 4.79 Å². The molecule has 3 fully saturated rings. The van der Waals surface area contributed by atoms with Crippen molar-refractivity contribution in [1.29, 1.82) is 0 Å².